The van der Waals surface area contributed by atoms with Crippen molar-refractivity contribution in [2.75, 3.05) is 11.9 Å². The van der Waals surface area contributed by atoms with Gasteiger partial charge in [-0.15, -0.1) is 4.91 Å². The highest BCUT2D eigenvalue weighted by atomic mass is 35.5. The van der Waals surface area contributed by atoms with Crippen LogP contribution in [0.3, 0.4) is 0 Å². The van der Waals surface area contributed by atoms with E-state index in [1.165, 1.54) is 0 Å². The van der Waals surface area contributed by atoms with Gasteiger partial charge in [-0.25, -0.2) is 4.68 Å². The molecule has 0 radical (unpaired) electrons. The summed E-state index contributed by atoms with van der Waals surface area (Å²) in [7, 11) is 0. The molecule has 0 saturated carbocycles. The lowest BCUT2D eigenvalue weighted by molar-refractivity contribution is 0.862. The Morgan fingerprint density at radius 2 is 2.06 bits per heavy atom. The maximum atomic E-state index is 10.9. The second kappa shape index (κ2) is 5.18. The average Bonchev–Trinajstić information content (AvgIpc) is 2.67. The lowest BCUT2D eigenvalue weighted by atomic mass is 10.3. The van der Waals surface area contributed by atoms with E-state index in [9.17, 15) is 4.91 Å². The highest BCUT2D eigenvalue weighted by molar-refractivity contribution is 6.30. The van der Waals surface area contributed by atoms with Crippen molar-refractivity contribution in [1.82, 2.24) is 9.78 Å². The van der Waals surface area contributed by atoms with Crippen molar-refractivity contribution in [3.8, 4) is 5.69 Å². The van der Waals surface area contributed by atoms with E-state index in [1.54, 1.807) is 23.7 Å². The smallest absolute Gasteiger partial charge is 0.173 e. The number of benzene rings is 1. The second-order valence-corrected chi connectivity index (χ2v) is 4.23. The molecule has 0 amide bonds. The molecule has 1 aromatic carbocycles. The topological polar surface area (TPSA) is 59.3 Å². The Morgan fingerprint density at radius 1 is 1.39 bits per heavy atom. The SMILES string of the molecule is CCNc1c(N=O)c(C)nn1-c1ccc(Cl)cc1. The van der Waals surface area contributed by atoms with Crippen molar-refractivity contribution in [1.29, 1.82) is 0 Å². The minimum absolute atomic E-state index is 0.340. The number of hydrogen-bond donors (Lipinski definition) is 1. The fourth-order valence-electron chi connectivity index (χ4n) is 1.72. The number of nitrogens with zero attached hydrogens (tertiary/aromatic N) is 3. The first-order chi connectivity index (χ1) is 8.67. The van der Waals surface area contributed by atoms with E-state index in [-0.39, 0.29) is 0 Å². The van der Waals surface area contributed by atoms with Gasteiger partial charge in [-0.05, 0) is 43.3 Å². The zero-order valence-electron chi connectivity index (χ0n) is 10.1. The van der Waals surface area contributed by atoms with Crippen molar-refractivity contribution in [2.45, 2.75) is 13.8 Å². The van der Waals surface area contributed by atoms with Gasteiger partial charge in [-0.2, -0.15) is 5.10 Å². The quantitative estimate of drug-likeness (QED) is 0.857. The number of anilines is 1. The summed E-state index contributed by atoms with van der Waals surface area (Å²) in [6, 6.07) is 7.23. The molecule has 0 unspecified atom stereocenters. The van der Waals surface area contributed by atoms with E-state index >= 15 is 0 Å². The van der Waals surface area contributed by atoms with Crippen LogP contribution >= 0.6 is 11.6 Å². The Labute approximate surface area is 110 Å². The van der Waals surface area contributed by atoms with Crippen molar-refractivity contribution < 1.29 is 0 Å². The van der Waals surface area contributed by atoms with Gasteiger partial charge in [0.2, 0.25) is 0 Å². The van der Waals surface area contributed by atoms with Crippen LogP contribution in [0.1, 0.15) is 12.6 Å². The van der Waals surface area contributed by atoms with Gasteiger partial charge < -0.3 is 5.32 Å². The number of halogens is 1. The summed E-state index contributed by atoms with van der Waals surface area (Å²) in [6.07, 6.45) is 0. The van der Waals surface area contributed by atoms with E-state index in [4.69, 9.17) is 11.6 Å². The van der Waals surface area contributed by atoms with Crippen LogP contribution in [-0.4, -0.2) is 16.3 Å². The van der Waals surface area contributed by atoms with Crippen molar-refractivity contribution in [3.05, 3.63) is 39.9 Å². The van der Waals surface area contributed by atoms with Crippen LogP contribution < -0.4 is 5.32 Å². The molecule has 2 aromatic rings. The number of hydrogen-bond acceptors (Lipinski definition) is 4. The van der Waals surface area contributed by atoms with E-state index in [0.717, 1.165) is 5.69 Å². The Morgan fingerprint density at radius 3 is 2.61 bits per heavy atom. The molecule has 18 heavy (non-hydrogen) atoms. The molecule has 0 spiro atoms. The molecule has 0 saturated heterocycles. The van der Waals surface area contributed by atoms with E-state index < -0.39 is 0 Å². The Hall–Kier alpha value is -1.88. The van der Waals surface area contributed by atoms with Crippen LogP contribution in [0.2, 0.25) is 5.02 Å². The summed E-state index contributed by atoms with van der Waals surface area (Å²) >= 11 is 5.85. The van der Waals surface area contributed by atoms with Gasteiger partial charge in [-0.1, -0.05) is 11.6 Å². The van der Waals surface area contributed by atoms with Crippen LogP contribution in [-0.2, 0) is 0 Å². The molecular formula is C12H13ClN4O. The number of nitrogens with one attached hydrogen (secondary N) is 1. The number of aryl methyl sites for hydroxylation is 1. The van der Waals surface area contributed by atoms with Crippen LogP contribution in [0.5, 0.6) is 0 Å². The van der Waals surface area contributed by atoms with Crippen molar-refractivity contribution >= 4 is 23.1 Å². The Bertz CT molecular complexity index is 562. The van der Waals surface area contributed by atoms with E-state index in [0.29, 0.717) is 28.8 Å². The van der Waals surface area contributed by atoms with Crippen LogP contribution in [0.25, 0.3) is 5.69 Å². The summed E-state index contributed by atoms with van der Waals surface area (Å²) in [5, 5.41) is 11.1. The Kier molecular flexibility index (Phi) is 3.62. The molecule has 6 heteroatoms. The molecule has 0 aliphatic heterocycles. The fraction of sp³-hybridized carbons (Fsp3) is 0.250. The maximum absolute atomic E-state index is 10.9. The predicted octanol–water partition coefficient (Wildman–Crippen LogP) is 3.66. The number of aromatic nitrogens is 2. The number of rotatable bonds is 4. The van der Waals surface area contributed by atoms with Gasteiger partial charge >= 0.3 is 0 Å². The predicted molar refractivity (Wildman–Crippen MR) is 72.9 cm³/mol. The van der Waals surface area contributed by atoms with Gasteiger partial charge in [-0.3, -0.25) is 0 Å². The normalized spacial score (nSPS) is 10.4. The second-order valence-electron chi connectivity index (χ2n) is 3.79. The zero-order chi connectivity index (χ0) is 13.1. The molecule has 1 N–H and O–H groups in total. The minimum atomic E-state index is 0.340. The van der Waals surface area contributed by atoms with Gasteiger partial charge in [0.15, 0.2) is 11.5 Å². The van der Waals surface area contributed by atoms with Crippen LogP contribution in [0, 0.1) is 11.8 Å². The summed E-state index contributed by atoms with van der Waals surface area (Å²) < 4.78 is 1.66. The third kappa shape index (κ3) is 2.22. The molecule has 94 valence electrons. The first-order valence-electron chi connectivity index (χ1n) is 5.60. The lowest BCUT2D eigenvalue weighted by Crippen LogP contribution is -2.05. The molecule has 2 rings (SSSR count). The van der Waals surface area contributed by atoms with E-state index in [1.807, 2.05) is 19.1 Å². The number of nitroso groups, excluding NO2 is 1. The highest BCUT2D eigenvalue weighted by Gasteiger charge is 2.16. The first-order valence-corrected chi connectivity index (χ1v) is 5.98. The minimum Gasteiger partial charge on any atom is -0.368 e. The van der Waals surface area contributed by atoms with Crippen molar-refractivity contribution in [3.63, 3.8) is 0 Å². The van der Waals surface area contributed by atoms with Gasteiger partial charge in [0.25, 0.3) is 0 Å². The standard InChI is InChI=1S/C12H13ClN4O/c1-3-14-12-11(16-18)8(2)15-17(12)10-6-4-9(13)5-7-10/h4-7,14H,3H2,1-2H3. The zero-order valence-corrected chi connectivity index (χ0v) is 10.9. The molecule has 0 aliphatic carbocycles. The molecule has 1 aromatic heterocycles. The molecule has 1 heterocycles. The van der Waals surface area contributed by atoms with Gasteiger partial charge in [0.05, 0.1) is 11.4 Å². The molecule has 0 atom stereocenters. The molecule has 0 bridgehead atoms. The highest BCUT2D eigenvalue weighted by Crippen LogP contribution is 2.31. The van der Waals surface area contributed by atoms with Crippen LogP contribution in [0.15, 0.2) is 29.4 Å². The summed E-state index contributed by atoms with van der Waals surface area (Å²) in [5.74, 6) is 0.604. The fourth-order valence-corrected chi connectivity index (χ4v) is 1.85. The Balaban J connectivity index is 2.56. The molecule has 5 nitrogen and oxygen atoms in total. The average molecular weight is 265 g/mol. The third-order valence-electron chi connectivity index (χ3n) is 2.54. The first kappa shape index (κ1) is 12.6. The third-order valence-corrected chi connectivity index (χ3v) is 2.79. The maximum Gasteiger partial charge on any atom is 0.173 e. The molecule has 0 aliphatic rings. The summed E-state index contributed by atoms with van der Waals surface area (Å²) in [4.78, 5) is 10.9. The summed E-state index contributed by atoms with van der Waals surface area (Å²) in [6.45, 7) is 4.38. The van der Waals surface area contributed by atoms with Crippen LogP contribution in [0.4, 0.5) is 11.5 Å². The van der Waals surface area contributed by atoms with Crippen molar-refractivity contribution in [2.24, 2.45) is 5.18 Å². The molecule has 0 fully saturated rings. The lowest BCUT2D eigenvalue weighted by Gasteiger charge is -2.08. The largest absolute Gasteiger partial charge is 0.368 e. The van der Waals surface area contributed by atoms with Gasteiger partial charge in [0, 0.05) is 11.6 Å². The van der Waals surface area contributed by atoms with Gasteiger partial charge in [0.1, 0.15) is 0 Å². The molecular weight excluding hydrogens is 252 g/mol. The summed E-state index contributed by atoms with van der Waals surface area (Å²) in [5.41, 5.74) is 1.76. The van der Waals surface area contributed by atoms with E-state index in [2.05, 4.69) is 15.6 Å². The monoisotopic (exact) mass is 264 g/mol.